The molecular weight excluding hydrogens is 348 g/mol. The van der Waals surface area contributed by atoms with Gasteiger partial charge in [0.15, 0.2) is 0 Å². The molecule has 142 valence electrons. The Kier molecular flexibility index (Phi) is 4.51. The monoisotopic (exact) mass is 372 g/mol. The van der Waals surface area contributed by atoms with Gasteiger partial charge >= 0.3 is 0 Å². The van der Waals surface area contributed by atoms with E-state index in [0.717, 1.165) is 34.2 Å². The number of pyridine rings is 1. The minimum Gasteiger partial charge on any atom is -0.457 e. The number of nitrogens with one attached hydrogen (secondary N) is 1. The molecule has 0 bridgehead atoms. The Morgan fingerprint density at radius 3 is 2.46 bits per heavy atom. The van der Waals surface area contributed by atoms with Gasteiger partial charge in [-0.25, -0.2) is 4.98 Å². The second kappa shape index (κ2) is 7.00. The molecular formula is C23H24N4O. The van der Waals surface area contributed by atoms with Gasteiger partial charge in [-0.2, -0.15) is 0 Å². The SMILES string of the molecule is Cn1c(Nc2cccc(C(C)(C)C)c2)nc2cc(Oc3ccncc3)ccc21. The van der Waals surface area contributed by atoms with Gasteiger partial charge in [0.25, 0.3) is 0 Å². The lowest BCUT2D eigenvalue weighted by atomic mass is 9.87. The van der Waals surface area contributed by atoms with Crippen LogP contribution in [0.4, 0.5) is 11.6 Å². The molecule has 0 atom stereocenters. The minimum absolute atomic E-state index is 0.100. The zero-order valence-corrected chi connectivity index (χ0v) is 16.6. The van der Waals surface area contributed by atoms with Gasteiger partial charge in [-0.15, -0.1) is 0 Å². The molecule has 2 aromatic carbocycles. The van der Waals surface area contributed by atoms with Gasteiger partial charge in [0.2, 0.25) is 5.95 Å². The quantitative estimate of drug-likeness (QED) is 0.492. The number of benzene rings is 2. The molecule has 0 saturated carbocycles. The topological polar surface area (TPSA) is 52.0 Å². The molecule has 0 saturated heterocycles. The van der Waals surface area contributed by atoms with Gasteiger partial charge in [0, 0.05) is 31.2 Å². The zero-order valence-electron chi connectivity index (χ0n) is 16.6. The maximum absolute atomic E-state index is 5.90. The van der Waals surface area contributed by atoms with Crippen molar-refractivity contribution in [1.82, 2.24) is 14.5 Å². The predicted octanol–water partition coefficient (Wildman–Crippen LogP) is 5.80. The first kappa shape index (κ1) is 18.0. The Labute approximate surface area is 165 Å². The molecule has 0 aliphatic heterocycles. The lowest BCUT2D eigenvalue weighted by molar-refractivity contribution is 0.482. The number of aryl methyl sites for hydroxylation is 1. The summed E-state index contributed by atoms with van der Waals surface area (Å²) in [5.41, 5.74) is 4.33. The van der Waals surface area contributed by atoms with Gasteiger partial charge in [0.05, 0.1) is 11.0 Å². The molecule has 0 unspecified atom stereocenters. The normalized spacial score (nSPS) is 11.6. The molecule has 0 aliphatic carbocycles. The Morgan fingerprint density at radius 1 is 0.929 bits per heavy atom. The van der Waals surface area contributed by atoms with Crippen molar-refractivity contribution in [2.75, 3.05) is 5.32 Å². The maximum atomic E-state index is 5.90. The summed E-state index contributed by atoms with van der Waals surface area (Å²) in [5.74, 6) is 2.29. The van der Waals surface area contributed by atoms with Crippen LogP contribution in [0.25, 0.3) is 11.0 Å². The molecule has 0 fully saturated rings. The Bertz CT molecular complexity index is 1110. The second-order valence-electron chi connectivity index (χ2n) is 7.89. The number of fused-ring (bicyclic) bond motifs is 1. The summed E-state index contributed by atoms with van der Waals surface area (Å²) in [5, 5.41) is 3.45. The number of imidazole rings is 1. The van der Waals surface area contributed by atoms with Crippen molar-refractivity contribution < 1.29 is 4.74 Å². The highest BCUT2D eigenvalue weighted by atomic mass is 16.5. The van der Waals surface area contributed by atoms with Gasteiger partial charge in [-0.1, -0.05) is 32.9 Å². The molecule has 28 heavy (non-hydrogen) atoms. The standard InChI is InChI=1S/C23H24N4O/c1-23(2,3)16-6-5-7-17(14-16)25-22-26-20-15-19(8-9-21(20)27(22)4)28-18-10-12-24-13-11-18/h5-15H,1-4H3,(H,25,26). The van der Waals surface area contributed by atoms with E-state index in [9.17, 15) is 0 Å². The fraction of sp³-hybridized carbons (Fsp3) is 0.217. The first-order valence-electron chi connectivity index (χ1n) is 9.32. The molecule has 2 aromatic heterocycles. The van der Waals surface area contributed by atoms with Crippen LogP contribution in [-0.4, -0.2) is 14.5 Å². The molecule has 5 heteroatoms. The minimum atomic E-state index is 0.100. The second-order valence-corrected chi connectivity index (χ2v) is 7.89. The maximum Gasteiger partial charge on any atom is 0.208 e. The number of ether oxygens (including phenoxy) is 1. The van der Waals surface area contributed by atoms with Gasteiger partial charge in [-0.05, 0) is 47.4 Å². The summed E-state index contributed by atoms with van der Waals surface area (Å²) < 4.78 is 7.95. The van der Waals surface area contributed by atoms with Gasteiger partial charge in [0.1, 0.15) is 11.5 Å². The average Bonchev–Trinajstić information content (AvgIpc) is 2.97. The van der Waals surface area contributed by atoms with Gasteiger partial charge < -0.3 is 14.6 Å². The van der Waals surface area contributed by atoms with E-state index in [1.54, 1.807) is 12.4 Å². The zero-order chi connectivity index (χ0) is 19.7. The Morgan fingerprint density at radius 2 is 1.71 bits per heavy atom. The highest BCUT2D eigenvalue weighted by Crippen LogP contribution is 2.29. The number of aromatic nitrogens is 3. The van der Waals surface area contributed by atoms with Crippen LogP contribution in [0, 0.1) is 0 Å². The summed E-state index contributed by atoms with van der Waals surface area (Å²) in [4.78, 5) is 8.77. The smallest absolute Gasteiger partial charge is 0.208 e. The number of anilines is 2. The van der Waals surface area contributed by atoms with Gasteiger partial charge in [-0.3, -0.25) is 4.98 Å². The molecule has 0 amide bonds. The van der Waals surface area contributed by atoms with E-state index in [-0.39, 0.29) is 5.41 Å². The van der Waals surface area contributed by atoms with Crippen LogP contribution in [-0.2, 0) is 12.5 Å². The lowest BCUT2D eigenvalue weighted by Crippen LogP contribution is -2.11. The molecule has 0 aliphatic rings. The van der Waals surface area contributed by atoms with Crippen LogP contribution in [0.5, 0.6) is 11.5 Å². The lowest BCUT2D eigenvalue weighted by Gasteiger charge is -2.20. The van der Waals surface area contributed by atoms with E-state index >= 15 is 0 Å². The van der Waals surface area contributed by atoms with Crippen molar-refractivity contribution in [1.29, 1.82) is 0 Å². The number of rotatable bonds is 4. The van der Waals surface area contributed by atoms with Crippen molar-refractivity contribution in [2.24, 2.45) is 7.05 Å². The Balaban J connectivity index is 1.63. The summed E-state index contributed by atoms with van der Waals surface area (Å²) in [6.07, 6.45) is 3.42. The fourth-order valence-corrected chi connectivity index (χ4v) is 3.09. The van der Waals surface area contributed by atoms with Crippen LogP contribution in [0.2, 0.25) is 0 Å². The van der Waals surface area contributed by atoms with Crippen molar-refractivity contribution in [2.45, 2.75) is 26.2 Å². The van der Waals surface area contributed by atoms with Crippen molar-refractivity contribution in [3.8, 4) is 11.5 Å². The van der Waals surface area contributed by atoms with E-state index < -0.39 is 0 Å². The Hall–Kier alpha value is -3.34. The molecule has 5 nitrogen and oxygen atoms in total. The predicted molar refractivity (Wildman–Crippen MR) is 113 cm³/mol. The van der Waals surface area contributed by atoms with E-state index in [0.29, 0.717) is 0 Å². The summed E-state index contributed by atoms with van der Waals surface area (Å²) in [6.45, 7) is 6.64. The van der Waals surface area contributed by atoms with Crippen LogP contribution in [0.15, 0.2) is 67.0 Å². The summed E-state index contributed by atoms with van der Waals surface area (Å²) in [6, 6.07) is 18.1. The largest absolute Gasteiger partial charge is 0.457 e. The third kappa shape index (κ3) is 3.69. The first-order chi connectivity index (χ1) is 13.4. The van der Waals surface area contributed by atoms with E-state index in [1.807, 2.05) is 37.4 Å². The number of hydrogen-bond acceptors (Lipinski definition) is 4. The molecule has 4 aromatic rings. The molecule has 0 radical (unpaired) electrons. The average molecular weight is 372 g/mol. The van der Waals surface area contributed by atoms with Crippen LogP contribution in [0.3, 0.4) is 0 Å². The van der Waals surface area contributed by atoms with Crippen molar-refractivity contribution >= 4 is 22.7 Å². The third-order valence-corrected chi connectivity index (χ3v) is 4.72. The third-order valence-electron chi connectivity index (χ3n) is 4.72. The highest BCUT2D eigenvalue weighted by Gasteiger charge is 2.15. The van der Waals surface area contributed by atoms with E-state index in [2.05, 4.69) is 59.9 Å². The van der Waals surface area contributed by atoms with E-state index in [4.69, 9.17) is 9.72 Å². The first-order valence-corrected chi connectivity index (χ1v) is 9.32. The molecule has 4 rings (SSSR count). The summed E-state index contributed by atoms with van der Waals surface area (Å²) >= 11 is 0. The number of hydrogen-bond donors (Lipinski definition) is 1. The molecule has 0 spiro atoms. The fourth-order valence-electron chi connectivity index (χ4n) is 3.09. The van der Waals surface area contributed by atoms with Crippen LogP contribution < -0.4 is 10.1 Å². The highest BCUT2D eigenvalue weighted by molar-refractivity contribution is 5.81. The summed E-state index contributed by atoms with van der Waals surface area (Å²) in [7, 11) is 2.01. The van der Waals surface area contributed by atoms with Crippen LogP contribution in [0.1, 0.15) is 26.3 Å². The van der Waals surface area contributed by atoms with Crippen molar-refractivity contribution in [3.05, 3.63) is 72.6 Å². The number of nitrogens with zero attached hydrogens (tertiary/aromatic N) is 3. The molecule has 1 N–H and O–H groups in total. The van der Waals surface area contributed by atoms with E-state index in [1.165, 1.54) is 5.56 Å². The van der Waals surface area contributed by atoms with Crippen molar-refractivity contribution in [3.63, 3.8) is 0 Å². The molecule has 2 heterocycles. The van der Waals surface area contributed by atoms with Crippen LogP contribution >= 0.6 is 0 Å².